The van der Waals surface area contributed by atoms with Gasteiger partial charge in [0.25, 0.3) is 5.91 Å². The minimum absolute atomic E-state index is 0.0282. The van der Waals surface area contributed by atoms with Gasteiger partial charge in [-0.3, -0.25) is 14.4 Å². The predicted molar refractivity (Wildman–Crippen MR) is 181 cm³/mol. The van der Waals surface area contributed by atoms with E-state index in [0.29, 0.717) is 28.3 Å². The van der Waals surface area contributed by atoms with Crippen LogP contribution >= 0.6 is 0 Å². The monoisotopic (exact) mass is 658 g/mol. The molecule has 2 fully saturated rings. The number of alkyl halides is 1. The molecule has 5 rings (SSSR count). The molecule has 0 spiro atoms. The average molecular weight is 659 g/mol. The van der Waals surface area contributed by atoms with E-state index >= 15 is 4.39 Å². The van der Waals surface area contributed by atoms with Crippen molar-refractivity contribution < 1.29 is 27.6 Å². The molecule has 1 unspecified atom stereocenters. The summed E-state index contributed by atoms with van der Waals surface area (Å²) in [5.74, 6) is -2.35. The molecule has 3 amide bonds. The van der Waals surface area contributed by atoms with Gasteiger partial charge in [0, 0.05) is 28.9 Å². The molecular formula is C38H41F3N4O3. The van der Waals surface area contributed by atoms with E-state index in [4.69, 9.17) is 0 Å². The van der Waals surface area contributed by atoms with Crippen molar-refractivity contribution in [2.24, 2.45) is 5.92 Å². The van der Waals surface area contributed by atoms with E-state index in [0.717, 1.165) is 34.7 Å². The molecule has 3 atom stereocenters. The van der Waals surface area contributed by atoms with Crippen molar-refractivity contribution in [3.8, 4) is 5.69 Å². The van der Waals surface area contributed by atoms with E-state index in [2.05, 4.69) is 17.2 Å². The largest absolute Gasteiger partial charge is 0.348 e. The van der Waals surface area contributed by atoms with Gasteiger partial charge < -0.3 is 20.1 Å². The third kappa shape index (κ3) is 7.81. The van der Waals surface area contributed by atoms with Gasteiger partial charge in [0.2, 0.25) is 11.8 Å². The molecule has 1 aliphatic carbocycles. The Morgan fingerprint density at radius 3 is 2.40 bits per heavy atom. The molecule has 2 N–H and O–H groups in total. The second-order valence-electron chi connectivity index (χ2n) is 12.7. The maximum Gasteiger partial charge on any atom is 0.251 e. The molecule has 1 aromatic heterocycles. The number of allylic oxidation sites excluding steroid dienone is 1. The van der Waals surface area contributed by atoms with Crippen molar-refractivity contribution in [2.45, 2.75) is 65.2 Å². The Hall–Kier alpha value is -4.86. The van der Waals surface area contributed by atoms with Gasteiger partial charge in [0.05, 0.1) is 24.8 Å². The minimum atomic E-state index is -1.44. The van der Waals surface area contributed by atoms with Gasteiger partial charge in [-0.1, -0.05) is 36.9 Å². The zero-order chi connectivity index (χ0) is 34.7. The molecule has 0 bridgehead atoms. The van der Waals surface area contributed by atoms with E-state index in [1.807, 2.05) is 48.8 Å². The normalized spacial score (nSPS) is 18.4. The summed E-state index contributed by atoms with van der Waals surface area (Å²) in [6.07, 6.45) is 7.38. The van der Waals surface area contributed by atoms with Crippen LogP contribution in [0.5, 0.6) is 0 Å². The summed E-state index contributed by atoms with van der Waals surface area (Å²) in [6, 6.07) is 9.70. The van der Waals surface area contributed by atoms with Crippen molar-refractivity contribution in [3.63, 3.8) is 0 Å². The van der Waals surface area contributed by atoms with Crippen molar-refractivity contribution in [2.75, 3.05) is 13.1 Å². The fourth-order valence-electron chi connectivity index (χ4n) is 6.05. The molecule has 0 radical (unpaired) electrons. The molecule has 2 heterocycles. The lowest BCUT2D eigenvalue weighted by atomic mass is 9.98. The Morgan fingerprint density at radius 1 is 1.00 bits per heavy atom. The number of halogens is 3. The smallest absolute Gasteiger partial charge is 0.251 e. The van der Waals surface area contributed by atoms with Crippen LogP contribution in [0, 0.1) is 38.3 Å². The molecule has 1 aliphatic heterocycles. The number of likely N-dealkylation sites (tertiary alicyclic amines) is 1. The van der Waals surface area contributed by atoms with Crippen LogP contribution in [0.3, 0.4) is 0 Å². The van der Waals surface area contributed by atoms with E-state index in [1.165, 1.54) is 18.2 Å². The first-order chi connectivity index (χ1) is 22.8. The molecule has 48 heavy (non-hydrogen) atoms. The molecule has 1 saturated heterocycles. The van der Waals surface area contributed by atoms with Crippen LogP contribution in [0.2, 0.25) is 0 Å². The van der Waals surface area contributed by atoms with E-state index < -0.39 is 54.2 Å². The summed E-state index contributed by atoms with van der Waals surface area (Å²) in [4.78, 5) is 40.5. The van der Waals surface area contributed by atoms with E-state index in [1.54, 1.807) is 32.1 Å². The standard InChI is InChI=1S/C38H41F3N4O3/c1-22-7-16-30(39)18-29(22)13-6-23(2)37(47)42-20-34(46)44-21-31(40)19-33(44)38(48)43-26(5)35-28(14-12-27-10-11-27)15-17-32(36(35)41)45-24(3)8-9-25(45)4/h6-9,12-18,26-27,31,33H,2,10-11,19-21H2,1,3-5H3,(H,42,47)(H,43,48)/b13-6-,14-12+/t26-,31+,33?/m0/s1. The maximum absolute atomic E-state index is 16.4. The summed E-state index contributed by atoms with van der Waals surface area (Å²) in [6.45, 7) is 10.2. The highest BCUT2D eigenvalue weighted by Crippen LogP contribution is 2.34. The number of nitrogens with zero attached hydrogens (tertiary/aromatic N) is 2. The lowest BCUT2D eigenvalue weighted by molar-refractivity contribution is -0.138. The Balaban J connectivity index is 1.28. The first-order valence-corrected chi connectivity index (χ1v) is 16.1. The van der Waals surface area contributed by atoms with Gasteiger partial charge in [0.15, 0.2) is 5.82 Å². The third-order valence-electron chi connectivity index (χ3n) is 8.94. The van der Waals surface area contributed by atoms with Crippen LogP contribution in [-0.4, -0.2) is 52.5 Å². The lowest BCUT2D eigenvalue weighted by Gasteiger charge is -2.26. The number of amides is 3. The second-order valence-corrected chi connectivity index (χ2v) is 12.7. The first-order valence-electron chi connectivity index (χ1n) is 16.1. The molecule has 2 aliphatic rings. The van der Waals surface area contributed by atoms with Crippen LogP contribution in [0.4, 0.5) is 13.2 Å². The Labute approximate surface area is 279 Å². The van der Waals surface area contributed by atoms with Crippen LogP contribution < -0.4 is 10.6 Å². The summed E-state index contributed by atoms with van der Waals surface area (Å²) in [7, 11) is 0. The van der Waals surface area contributed by atoms with Gasteiger partial charge >= 0.3 is 0 Å². The summed E-state index contributed by atoms with van der Waals surface area (Å²) in [5.41, 5.74) is 4.40. The van der Waals surface area contributed by atoms with Gasteiger partial charge in [-0.15, -0.1) is 0 Å². The number of aryl methyl sites for hydroxylation is 3. The first kappa shape index (κ1) is 34.5. The molecule has 10 heteroatoms. The predicted octanol–water partition coefficient (Wildman–Crippen LogP) is 6.61. The molecule has 2 aromatic carbocycles. The van der Waals surface area contributed by atoms with Crippen LogP contribution in [0.25, 0.3) is 17.8 Å². The molecule has 252 valence electrons. The highest BCUT2D eigenvalue weighted by Gasteiger charge is 2.40. The van der Waals surface area contributed by atoms with E-state index in [9.17, 15) is 23.2 Å². The summed E-state index contributed by atoms with van der Waals surface area (Å²) in [5, 5.41) is 5.30. The number of nitrogens with one attached hydrogen (secondary N) is 2. The minimum Gasteiger partial charge on any atom is -0.348 e. The molecule has 7 nitrogen and oxygen atoms in total. The number of aromatic nitrogens is 1. The van der Waals surface area contributed by atoms with Gasteiger partial charge in [-0.2, -0.15) is 0 Å². The van der Waals surface area contributed by atoms with Crippen molar-refractivity contribution in [1.82, 2.24) is 20.1 Å². The third-order valence-corrected chi connectivity index (χ3v) is 8.94. The molecular weight excluding hydrogens is 617 g/mol. The Kier molecular flexibility index (Phi) is 10.4. The summed E-state index contributed by atoms with van der Waals surface area (Å²) >= 11 is 0. The quantitative estimate of drug-likeness (QED) is 0.180. The number of rotatable bonds is 11. The highest BCUT2D eigenvalue weighted by molar-refractivity contribution is 5.99. The maximum atomic E-state index is 16.4. The Morgan fingerprint density at radius 2 is 1.71 bits per heavy atom. The van der Waals surface area contributed by atoms with Gasteiger partial charge in [0.1, 0.15) is 18.0 Å². The van der Waals surface area contributed by atoms with E-state index in [-0.39, 0.29) is 18.5 Å². The molecule has 3 aromatic rings. The Bertz CT molecular complexity index is 1790. The number of benzene rings is 2. The lowest BCUT2D eigenvalue weighted by Crippen LogP contribution is -2.49. The summed E-state index contributed by atoms with van der Waals surface area (Å²) < 4.78 is 46.4. The van der Waals surface area contributed by atoms with Crippen molar-refractivity contribution in [3.05, 3.63) is 112 Å². The van der Waals surface area contributed by atoms with Gasteiger partial charge in [-0.25, -0.2) is 13.2 Å². The van der Waals surface area contributed by atoms with Gasteiger partial charge in [-0.05, 0) is 99.6 Å². The van der Waals surface area contributed by atoms with Crippen LogP contribution in [-0.2, 0) is 14.4 Å². The average Bonchev–Trinajstić information content (AvgIpc) is 3.71. The number of carbonyl (C=O) groups is 3. The number of hydrogen-bond acceptors (Lipinski definition) is 3. The number of carbonyl (C=O) groups excluding carboxylic acids is 3. The fourth-order valence-corrected chi connectivity index (χ4v) is 6.05. The van der Waals surface area contributed by atoms with Crippen molar-refractivity contribution >= 4 is 29.9 Å². The SMILES string of the molecule is C=C(/C=C\c1cc(F)ccc1C)C(=O)NCC(=O)N1C[C@H](F)CC1C(=O)N[C@@H](C)c1c(/C=C/C2CC2)ccc(-n2c(C)ccc2C)c1F. The van der Waals surface area contributed by atoms with Crippen LogP contribution in [0.1, 0.15) is 65.9 Å². The van der Waals surface area contributed by atoms with Crippen LogP contribution in [0.15, 0.2) is 66.8 Å². The fraction of sp³-hybridized carbons (Fsp3) is 0.342. The molecule has 1 saturated carbocycles. The second kappa shape index (κ2) is 14.5. The zero-order valence-electron chi connectivity index (χ0n) is 27.7. The number of hydrogen-bond donors (Lipinski definition) is 2. The zero-order valence-corrected chi connectivity index (χ0v) is 27.7. The van der Waals surface area contributed by atoms with Crippen molar-refractivity contribution in [1.29, 1.82) is 0 Å². The highest BCUT2D eigenvalue weighted by atomic mass is 19.1. The topological polar surface area (TPSA) is 83.4 Å².